The van der Waals surface area contributed by atoms with Crippen LogP contribution in [-0.2, 0) is 38.6 Å². The minimum atomic E-state index is -2.40. The van der Waals surface area contributed by atoms with Gasteiger partial charge >= 0.3 is 108 Å². The Morgan fingerprint density at radius 1 is 0.800 bits per heavy atom. The molecule has 6 nitrogen and oxygen atoms in total. The van der Waals surface area contributed by atoms with Crippen molar-refractivity contribution in [3.63, 3.8) is 0 Å². The van der Waals surface area contributed by atoms with Crippen molar-refractivity contribution in [3.05, 3.63) is 0 Å². The molecule has 0 saturated heterocycles. The Hall–Kier alpha value is -0.266. The van der Waals surface area contributed by atoms with E-state index >= 15 is 0 Å². The van der Waals surface area contributed by atoms with Crippen molar-refractivity contribution in [3.8, 4) is 0 Å². The fraction of sp³-hybridized carbons (Fsp3) is 0.889. The van der Waals surface area contributed by atoms with Gasteiger partial charge in [-0.2, -0.15) is 0 Å². The van der Waals surface area contributed by atoms with E-state index in [0.717, 1.165) is 0 Å². The van der Waals surface area contributed by atoms with Gasteiger partial charge in [0.1, 0.15) is 5.78 Å². The summed E-state index contributed by atoms with van der Waals surface area (Å²) < 4.78 is 17.7. The minimum absolute atomic E-state index is 0.216. The Morgan fingerprint density at radius 2 is 1.12 bits per heavy atom. The predicted molar refractivity (Wildman–Crippen MR) is 92.1 cm³/mol. The van der Waals surface area contributed by atoms with Crippen molar-refractivity contribution in [1.29, 1.82) is 0 Å². The SMILES string of the molecule is CC(C)(C)[O][Ti+]([O]C(C)(C)C)[O]C(C)(C)C.CCCC(=O)CC(=O)[O-]. The molecule has 0 aliphatic carbocycles. The van der Waals surface area contributed by atoms with E-state index in [1.165, 1.54) is 0 Å². The van der Waals surface area contributed by atoms with Crippen molar-refractivity contribution in [2.75, 3.05) is 0 Å². The van der Waals surface area contributed by atoms with Crippen molar-refractivity contribution >= 4 is 11.8 Å². The molecule has 0 amide bonds. The molecule has 0 aliphatic heterocycles. The molecule has 0 rings (SSSR count). The summed E-state index contributed by atoms with van der Waals surface area (Å²) in [5.74, 6) is -1.54. The molecule has 0 atom stereocenters. The standard InChI is InChI=1S/C6H10O3.3C4H9O.Ti/c1-2-3-5(7)4-6(8)9;3*1-4(2,3)5;/h2-4H2,1H3,(H,8,9);3*1-3H3;/q;3*-1;+4/p-1. The third-order valence-corrected chi connectivity index (χ3v) is 5.69. The Kier molecular flexibility index (Phi) is 12.3. The van der Waals surface area contributed by atoms with Crippen molar-refractivity contribution in [2.45, 2.75) is 105 Å². The van der Waals surface area contributed by atoms with Crippen molar-refractivity contribution in [2.24, 2.45) is 0 Å². The smallest absolute Gasteiger partial charge is 0.138 e. The summed E-state index contributed by atoms with van der Waals surface area (Å²) in [5, 5.41) is 9.75. The van der Waals surface area contributed by atoms with Gasteiger partial charge in [0.2, 0.25) is 0 Å². The van der Waals surface area contributed by atoms with E-state index < -0.39 is 31.4 Å². The van der Waals surface area contributed by atoms with E-state index in [0.29, 0.717) is 12.8 Å². The van der Waals surface area contributed by atoms with E-state index in [2.05, 4.69) is 0 Å². The summed E-state index contributed by atoms with van der Waals surface area (Å²) in [6, 6.07) is 0. The minimum Gasteiger partial charge on any atom is -0.550 e. The first kappa shape index (κ1) is 27.0. The molecule has 0 fully saturated rings. The normalized spacial score (nSPS) is 12.2. The maximum atomic E-state index is 10.4. The van der Waals surface area contributed by atoms with E-state index in [1.54, 1.807) is 0 Å². The first-order chi connectivity index (χ1) is 10.9. The van der Waals surface area contributed by atoms with Crippen LogP contribution in [0, 0.1) is 0 Å². The van der Waals surface area contributed by atoms with Gasteiger partial charge in [-0.15, -0.1) is 0 Å². The molecule has 0 bridgehead atoms. The van der Waals surface area contributed by atoms with Crippen LogP contribution >= 0.6 is 0 Å². The molecule has 0 saturated carbocycles. The number of Topliss-reactive ketones (excluding diaryl/α,β-unsaturated/α-hetero) is 1. The summed E-state index contributed by atoms with van der Waals surface area (Å²) in [6.07, 6.45) is 0.605. The molecule has 0 spiro atoms. The van der Waals surface area contributed by atoms with Crippen LogP contribution in [0.5, 0.6) is 0 Å². The Morgan fingerprint density at radius 3 is 1.32 bits per heavy atom. The molecule has 0 aromatic rings. The average molecular weight is 396 g/mol. The molecule has 0 N–H and O–H groups in total. The van der Waals surface area contributed by atoms with E-state index in [9.17, 15) is 14.7 Å². The van der Waals surface area contributed by atoms with Crippen LogP contribution in [0.15, 0.2) is 0 Å². The maximum Gasteiger partial charge on any atom is 0.138 e. The number of ketones is 1. The number of carboxylic acid groups (broad SMARTS) is 1. The number of hydrogen-bond acceptors (Lipinski definition) is 6. The fourth-order valence-corrected chi connectivity index (χ4v) is 3.88. The zero-order valence-electron chi connectivity index (χ0n) is 17.6. The second-order valence-corrected chi connectivity index (χ2v) is 10.5. The molecule has 7 heteroatoms. The second kappa shape index (κ2) is 11.4. The number of carbonyl (C=O) groups is 2. The van der Waals surface area contributed by atoms with E-state index in [1.807, 2.05) is 69.2 Å². The van der Waals surface area contributed by atoms with Crippen molar-refractivity contribution in [1.82, 2.24) is 0 Å². The largest absolute Gasteiger partial charge is 0.550 e. The topological polar surface area (TPSA) is 84.9 Å². The molecule has 0 heterocycles. The molecule has 148 valence electrons. The van der Waals surface area contributed by atoms with Crippen LogP contribution in [-0.4, -0.2) is 28.6 Å². The molecule has 0 aromatic carbocycles. The monoisotopic (exact) mass is 396 g/mol. The first-order valence-electron chi connectivity index (χ1n) is 8.60. The number of hydrogen-bond donors (Lipinski definition) is 0. The van der Waals surface area contributed by atoms with Gasteiger partial charge in [0.15, 0.2) is 0 Å². The molecule has 0 radical (unpaired) electrons. The fourth-order valence-electron chi connectivity index (χ4n) is 1.34. The molecule has 0 aliphatic rings. The maximum absolute atomic E-state index is 10.4. The molecular formula is C18H36O6Ti. The molecule has 0 unspecified atom stereocenters. The van der Waals surface area contributed by atoms with Gasteiger partial charge in [0.05, 0.1) is 0 Å². The van der Waals surface area contributed by atoms with Crippen LogP contribution in [0.2, 0.25) is 0 Å². The third kappa shape index (κ3) is 23.7. The molecule has 0 aromatic heterocycles. The van der Waals surface area contributed by atoms with Crippen molar-refractivity contribution < 1.29 is 43.7 Å². The first-order valence-corrected chi connectivity index (χ1v) is 10.5. The quantitative estimate of drug-likeness (QED) is 0.485. The number of carboxylic acids is 1. The average Bonchev–Trinajstić information content (AvgIpc) is 2.20. The van der Waals surface area contributed by atoms with Gasteiger partial charge < -0.3 is 9.90 Å². The van der Waals surface area contributed by atoms with Gasteiger partial charge in [0.25, 0.3) is 0 Å². The van der Waals surface area contributed by atoms with Crippen LogP contribution in [0.4, 0.5) is 0 Å². The molecule has 25 heavy (non-hydrogen) atoms. The van der Waals surface area contributed by atoms with Crippen LogP contribution < -0.4 is 5.11 Å². The van der Waals surface area contributed by atoms with Gasteiger partial charge in [-0.1, -0.05) is 6.92 Å². The zero-order chi connectivity index (χ0) is 20.5. The Balaban J connectivity index is 0. The van der Waals surface area contributed by atoms with Crippen LogP contribution in [0.3, 0.4) is 0 Å². The van der Waals surface area contributed by atoms with Gasteiger partial charge in [-0.25, -0.2) is 0 Å². The number of aliphatic carboxylic acids is 1. The Labute approximate surface area is 160 Å². The summed E-state index contributed by atoms with van der Waals surface area (Å²) in [4.78, 5) is 20.2. The van der Waals surface area contributed by atoms with Gasteiger partial charge in [-0.3, -0.25) is 4.79 Å². The van der Waals surface area contributed by atoms with E-state index in [-0.39, 0.29) is 22.6 Å². The number of rotatable bonds is 7. The van der Waals surface area contributed by atoms with Gasteiger partial charge in [-0.05, 0) is 6.42 Å². The molecular weight excluding hydrogens is 360 g/mol. The van der Waals surface area contributed by atoms with Crippen LogP contribution in [0.1, 0.15) is 88.5 Å². The number of carbonyl (C=O) groups excluding carboxylic acids is 2. The summed E-state index contributed by atoms with van der Waals surface area (Å²) in [6.45, 7) is 20.1. The van der Waals surface area contributed by atoms with E-state index in [4.69, 9.17) is 9.96 Å². The summed E-state index contributed by atoms with van der Waals surface area (Å²) in [7, 11) is 0. The zero-order valence-corrected chi connectivity index (χ0v) is 19.1. The third-order valence-electron chi connectivity index (χ3n) is 2.04. The van der Waals surface area contributed by atoms with Crippen LogP contribution in [0.25, 0.3) is 0 Å². The summed E-state index contributed by atoms with van der Waals surface area (Å²) >= 11 is -2.40. The van der Waals surface area contributed by atoms with Gasteiger partial charge in [0, 0.05) is 18.8 Å². The predicted octanol–water partition coefficient (Wildman–Crippen LogP) is 3.29. The Bertz CT molecular complexity index is 363. The summed E-state index contributed by atoms with van der Waals surface area (Å²) in [5.41, 5.74) is -0.649. The second-order valence-electron chi connectivity index (χ2n) is 8.73.